The minimum Gasteiger partial charge on any atom is -0.493 e. The molecule has 0 bridgehead atoms. The van der Waals surface area contributed by atoms with Crippen LogP contribution in [0.25, 0.3) is 0 Å². The van der Waals surface area contributed by atoms with E-state index in [1.807, 2.05) is 25.1 Å². The van der Waals surface area contributed by atoms with Crippen molar-refractivity contribution in [2.45, 2.75) is 25.9 Å². The first kappa shape index (κ1) is 19.9. The maximum Gasteiger partial charge on any atom is 0.261 e. The summed E-state index contributed by atoms with van der Waals surface area (Å²) < 4.78 is 5.70. The summed E-state index contributed by atoms with van der Waals surface area (Å²) in [6.45, 7) is 2.60. The van der Waals surface area contributed by atoms with Gasteiger partial charge in [0.25, 0.3) is 17.7 Å². The highest BCUT2D eigenvalue weighted by Crippen LogP contribution is 2.33. The Labute approximate surface area is 185 Å². The standard InChI is InChI=1S/C25H21N3O4/c1-15-5-8-22-20(12-15)21(9-11-32-22)27-23(29)16-6-7-18-19(13-16)25(31)28(24(18)30)14-17-4-2-3-10-26-17/h2-8,10,12-13,21H,9,11,14H2,1H3,(H,27,29). The quantitative estimate of drug-likeness (QED) is 0.645. The fourth-order valence-electron chi connectivity index (χ4n) is 4.13. The van der Waals surface area contributed by atoms with Gasteiger partial charge in [-0.2, -0.15) is 0 Å². The van der Waals surface area contributed by atoms with Crippen LogP contribution in [0, 0.1) is 6.92 Å². The first-order chi connectivity index (χ1) is 15.5. The third kappa shape index (κ3) is 3.51. The molecule has 3 heterocycles. The van der Waals surface area contributed by atoms with Gasteiger partial charge in [0.1, 0.15) is 5.75 Å². The molecule has 0 fully saturated rings. The van der Waals surface area contributed by atoms with Crippen molar-refractivity contribution in [3.63, 3.8) is 0 Å². The molecule has 2 aliphatic heterocycles. The lowest BCUT2D eigenvalue weighted by Gasteiger charge is -2.27. The number of ether oxygens (including phenoxy) is 1. The molecule has 0 saturated heterocycles. The zero-order valence-electron chi connectivity index (χ0n) is 17.5. The van der Waals surface area contributed by atoms with Crippen molar-refractivity contribution in [3.05, 3.63) is 94.3 Å². The first-order valence-electron chi connectivity index (χ1n) is 10.5. The number of pyridine rings is 1. The van der Waals surface area contributed by atoms with Crippen LogP contribution >= 0.6 is 0 Å². The van der Waals surface area contributed by atoms with Gasteiger partial charge in [0.05, 0.1) is 36.0 Å². The number of rotatable bonds is 4. The van der Waals surface area contributed by atoms with Crippen LogP contribution in [0.3, 0.4) is 0 Å². The lowest BCUT2D eigenvalue weighted by molar-refractivity contribution is 0.0640. The van der Waals surface area contributed by atoms with Gasteiger partial charge in [-0.25, -0.2) is 0 Å². The van der Waals surface area contributed by atoms with Crippen molar-refractivity contribution in [1.82, 2.24) is 15.2 Å². The van der Waals surface area contributed by atoms with E-state index in [0.717, 1.165) is 21.8 Å². The summed E-state index contributed by atoms with van der Waals surface area (Å²) in [7, 11) is 0. The average Bonchev–Trinajstić information content (AvgIpc) is 3.04. The summed E-state index contributed by atoms with van der Waals surface area (Å²) in [4.78, 5) is 44.0. The van der Waals surface area contributed by atoms with Gasteiger partial charge >= 0.3 is 0 Å². The van der Waals surface area contributed by atoms with Crippen molar-refractivity contribution in [1.29, 1.82) is 0 Å². The van der Waals surface area contributed by atoms with E-state index in [2.05, 4.69) is 10.3 Å². The molecule has 1 aromatic heterocycles. The Bertz CT molecular complexity index is 1240. The maximum absolute atomic E-state index is 13.0. The van der Waals surface area contributed by atoms with Gasteiger partial charge in [0.2, 0.25) is 0 Å². The summed E-state index contributed by atoms with van der Waals surface area (Å²) in [5, 5.41) is 3.05. The lowest BCUT2D eigenvalue weighted by Crippen LogP contribution is -2.32. The smallest absolute Gasteiger partial charge is 0.261 e. The van der Waals surface area contributed by atoms with E-state index in [1.165, 1.54) is 6.07 Å². The molecule has 1 unspecified atom stereocenters. The summed E-state index contributed by atoms with van der Waals surface area (Å²) in [6, 6.07) is 15.7. The Morgan fingerprint density at radius 2 is 1.94 bits per heavy atom. The number of aromatic nitrogens is 1. The van der Waals surface area contributed by atoms with Gasteiger partial charge in [-0.15, -0.1) is 0 Å². The zero-order chi connectivity index (χ0) is 22.2. The number of carbonyl (C=O) groups excluding carboxylic acids is 3. The van der Waals surface area contributed by atoms with Crippen LogP contribution in [0.1, 0.15) is 60.4 Å². The highest BCUT2D eigenvalue weighted by molar-refractivity contribution is 6.22. The molecule has 0 saturated carbocycles. The van der Waals surface area contributed by atoms with Gasteiger partial charge in [-0.3, -0.25) is 24.3 Å². The van der Waals surface area contributed by atoms with Crippen LogP contribution in [0.5, 0.6) is 5.75 Å². The van der Waals surface area contributed by atoms with Crippen LogP contribution in [0.15, 0.2) is 60.8 Å². The fourth-order valence-corrected chi connectivity index (χ4v) is 4.13. The summed E-state index contributed by atoms with van der Waals surface area (Å²) in [5.41, 5.74) is 3.52. The van der Waals surface area contributed by atoms with Crippen LogP contribution in [0.2, 0.25) is 0 Å². The Balaban J connectivity index is 1.37. The molecule has 2 aromatic carbocycles. The van der Waals surface area contributed by atoms with Gasteiger partial charge in [-0.1, -0.05) is 23.8 Å². The molecule has 1 N–H and O–H groups in total. The number of carbonyl (C=O) groups is 3. The van der Waals surface area contributed by atoms with Gasteiger partial charge < -0.3 is 10.1 Å². The summed E-state index contributed by atoms with van der Waals surface area (Å²) >= 11 is 0. The number of nitrogens with zero attached hydrogens (tertiary/aromatic N) is 2. The molecule has 0 radical (unpaired) electrons. The number of benzene rings is 2. The third-order valence-corrected chi connectivity index (χ3v) is 5.79. The van der Waals surface area contributed by atoms with E-state index in [0.29, 0.717) is 29.8 Å². The molecule has 3 amide bonds. The predicted octanol–water partition coefficient (Wildman–Crippen LogP) is 3.44. The highest BCUT2D eigenvalue weighted by atomic mass is 16.5. The average molecular weight is 427 g/mol. The molecule has 160 valence electrons. The van der Waals surface area contributed by atoms with E-state index in [4.69, 9.17) is 4.74 Å². The number of imide groups is 1. The number of amides is 3. The topological polar surface area (TPSA) is 88.6 Å². The number of nitrogens with one attached hydrogen (secondary N) is 1. The second kappa shape index (κ2) is 7.92. The van der Waals surface area contributed by atoms with Crippen molar-refractivity contribution in [2.75, 3.05) is 6.61 Å². The lowest BCUT2D eigenvalue weighted by atomic mass is 9.98. The van der Waals surface area contributed by atoms with Crippen molar-refractivity contribution in [2.24, 2.45) is 0 Å². The molecule has 0 spiro atoms. The predicted molar refractivity (Wildman–Crippen MR) is 116 cm³/mol. The number of fused-ring (bicyclic) bond motifs is 2. The van der Waals surface area contributed by atoms with Crippen LogP contribution in [-0.2, 0) is 6.54 Å². The Morgan fingerprint density at radius 1 is 1.09 bits per heavy atom. The Hall–Kier alpha value is -4.00. The first-order valence-corrected chi connectivity index (χ1v) is 10.5. The van der Waals surface area contributed by atoms with Crippen LogP contribution < -0.4 is 10.1 Å². The van der Waals surface area contributed by atoms with E-state index in [1.54, 1.807) is 36.5 Å². The molecular weight excluding hydrogens is 406 g/mol. The molecule has 32 heavy (non-hydrogen) atoms. The normalized spacial score (nSPS) is 16.9. The number of hydrogen-bond acceptors (Lipinski definition) is 5. The summed E-state index contributed by atoms with van der Waals surface area (Å²) in [6.07, 6.45) is 2.27. The molecular formula is C25H21N3O4. The molecule has 7 nitrogen and oxygen atoms in total. The molecule has 7 heteroatoms. The number of aryl methyl sites for hydroxylation is 1. The summed E-state index contributed by atoms with van der Waals surface area (Å²) in [5.74, 6) is -0.323. The Kier molecular flexibility index (Phi) is 4.93. The van der Waals surface area contributed by atoms with Gasteiger partial charge in [0.15, 0.2) is 0 Å². The monoisotopic (exact) mass is 427 g/mol. The second-order valence-electron chi connectivity index (χ2n) is 7.98. The second-order valence-corrected chi connectivity index (χ2v) is 7.98. The maximum atomic E-state index is 13.0. The van der Waals surface area contributed by atoms with Crippen molar-refractivity contribution >= 4 is 17.7 Å². The van der Waals surface area contributed by atoms with Crippen LogP contribution in [-0.4, -0.2) is 34.2 Å². The minimum atomic E-state index is -0.419. The van der Waals surface area contributed by atoms with Gasteiger partial charge in [-0.05, 0) is 43.3 Å². The molecule has 0 aliphatic carbocycles. The Morgan fingerprint density at radius 3 is 2.75 bits per heavy atom. The number of hydrogen-bond donors (Lipinski definition) is 1. The highest BCUT2D eigenvalue weighted by Gasteiger charge is 2.36. The van der Waals surface area contributed by atoms with Gasteiger partial charge in [0, 0.05) is 23.7 Å². The zero-order valence-corrected chi connectivity index (χ0v) is 17.5. The van der Waals surface area contributed by atoms with Crippen LogP contribution in [0.4, 0.5) is 0 Å². The minimum absolute atomic E-state index is 0.0902. The molecule has 5 rings (SSSR count). The fraction of sp³-hybridized carbons (Fsp3) is 0.200. The van der Waals surface area contributed by atoms with Crippen molar-refractivity contribution < 1.29 is 19.1 Å². The van der Waals surface area contributed by atoms with E-state index >= 15 is 0 Å². The molecule has 1 atom stereocenters. The van der Waals surface area contributed by atoms with E-state index < -0.39 is 5.91 Å². The van der Waals surface area contributed by atoms with E-state index in [9.17, 15) is 14.4 Å². The largest absolute Gasteiger partial charge is 0.493 e. The van der Waals surface area contributed by atoms with E-state index in [-0.39, 0.29) is 30.0 Å². The third-order valence-electron chi connectivity index (χ3n) is 5.79. The molecule has 3 aromatic rings. The SMILES string of the molecule is Cc1ccc2c(c1)C(NC(=O)c1ccc3c(c1)C(=O)N(Cc1ccccn1)C3=O)CCO2. The molecule has 2 aliphatic rings. The van der Waals surface area contributed by atoms with Crippen molar-refractivity contribution in [3.8, 4) is 5.75 Å².